The first-order valence-electron chi connectivity index (χ1n) is 5.02. The van der Waals surface area contributed by atoms with Crippen molar-refractivity contribution in [1.29, 1.82) is 0 Å². The third-order valence-corrected chi connectivity index (χ3v) is 3.61. The highest BCUT2D eigenvalue weighted by Crippen LogP contribution is 2.31. The number of carbonyl (C=O) groups is 1. The molecule has 0 aromatic heterocycles. The number of nitro groups is 1. The molecule has 9 nitrogen and oxygen atoms in total. The Bertz CT molecular complexity index is 613. The second kappa shape index (κ2) is 5.63. The zero-order valence-corrected chi connectivity index (χ0v) is 10.7. The van der Waals surface area contributed by atoms with E-state index >= 15 is 0 Å². The highest BCUT2D eigenvalue weighted by molar-refractivity contribution is 7.89. The molecular formula is C9H12N4O5S. The maximum atomic E-state index is 11.9. The number of carbonyl (C=O) groups excluding carboxylic acids is 1. The van der Waals surface area contributed by atoms with Crippen molar-refractivity contribution in [3.8, 4) is 0 Å². The van der Waals surface area contributed by atoms with Gasteiger partial charge < -0.3 is 11.1 Å². The summed E-state index contributed by atoms with van der Waals surface area (Å²) in [5, 5.41) is 13.5. The second-order valence-electron chi connectivity index (χ2n) is 3.45. The van der Waals surface area contributed by atoms with E-state index in [1.54, 1.807) is 0 Å². The molecule has 0 radical (unpaired) electrons. The molecule has 0 aliphatic carbocycles. The van der Waals surface area contributed by atoms with E-state index < -0.39 is 38.0 Å². The number of hydrogen-bond donors (Lipinski definition) is 3. The summed E-state index contributed by atoms with van der Waals surface area (Å²) in [5.74, 6) is -0.893. The summed E-state index contributed by atoms with van der Waals surface area (Å²) in [5.41, 5.74) is 4.27. The summed E-state index contributed by atoms with van der Waals surface area (Å²) in [4.78, 5) is 20.2. The summed E-state index contributed by atoms with van der Waals surface area (Å²) < 4.78 is 25.6. The van der Waals surface area contributed by atoms with Crippen LogP contribution in [0.5, 0.6) is 0 Å². The van der Waals surface area contributed by atoms with Crippen LogP contribution in [-0.4, -0.2) is 32.8 Å². The average molecular weight is 288 g/mol. The number of sulfonamides is 1. The van der Waals surface area contributed by atoms with E-state index in [2.05, 4.69) is 5.32 Å². The highest BCUT2D eigenvalue weighted by Gasteiger charge is 2.28. The van der Waals surface area contributed by atoms with Crippen LogP contribution in [0.3, 0.4) is 0 Å². The molecule has 0 saturated heterocycles. The first kappa shape index (κ1) is 14.9. The lowest BCUT2D eigenvalue weighted by Crippen LogP contribution is -2.33. The van der Waals surface area contributed by atoms with Crippen molar-refractivity contribution in [3.05, 3.63) is 28.3 Å². The van der Waals surface area contributed by atoms with Crippen LogP contribution in [0.2, 0.25) is 0 Å². The number of primary amides is 1. The van der Waals surface area contributed by atoms with E-state index in [1.165, 1.54) is 19.2 Å². The summed E-state index contributed by atoms with van der Waals surface area (Å²) >= 11 is 0. The Hall–Kier alpha value is -2.20. The Balaban J connectivity index is 3.34. The van der Waals surface area contributed by atoms with Crippen LogP contribution < -0.4 is 15.8 Å². The zero-order valence-electron chi connectivity index (χ0n) is 9.91. The fourth-order valence-electron chi connectivity index (χ4n) is 1.37. The third-order valence-electron chi connectivity index (χ3n) is 2.18. The molecule has 0 atom stereocenters. The first-order valence-corrected chi connectivity index (χ1v) is 6.51. The quantitative estimate of drug-likeness (QED) is 0.471. The van der Waals surface area contributed by atoms with Crippen LogP contribution in [0, 0.1) is 10.1 Å². The largest absolute Gasteiger partial charge is 0.383 e. The van der Waals surface area contributed by atoms with Gasteiger partial charge in [0.05, 0.1) is 11.5 Å². The van der Waals surface area contributed by atoms with Crippen LogP contribution in [0.1, 0.15) is 0 Å². The monoisotopic (exact) mass is 288 g/mol. The van der Waals surface area contributed by atoms with Gasteiger partial charge in [0.15, 0.2) is 4.90 Å². The van der Waals surface area contributed by atoms with E-state index in [0.29, 0.717) is 0 Å². The van der Waals surface area contributed by atoms with Gasteiger partial charge in [0, 0.05) is 7.05 Å². The molecule has 0 aliphatic heterocycles. The Labute approximate surface area is 109 Å². The molecule has 0 saturated carbocycles. The molecule has 19 heavy (non-hydrogen) atoms. The average Bonchev–Trinajstić information content (AvgIpc) is 2.35. The number of amides is 1. The van der Waals surface area contributed by atoms with E-state index in [1.807, 2.05) is 4.72 Å². The molecule has 1 amide bonds. The Kier molecular flexibility index (Phi) is 4.40. The van der Waals surface area contributed by atoms with Crippen molar-refractivity contribution < 1.29 is 18.1 Å². The molecule has 0 bridgehead atoms. The van der Waals surface area contributed by atoms with Crippen molar-refractivity contribution in [2.45, 2.75) is 4.90 Å². The number of nitrogens with one attached hydrogen (secondary N) is 2. The van der Waals surface area contributed by atoms with Gasteiger partial charge in [-0.2, -0.15) is 0 Å². The fourth-order valence-corrected chi connectivity index (χ4v) is 2.56. The van der Waals surface area contributed by atoms with Gasteiger partial charge in [-0.15, -0.1) is 0 Å². The SMILES string of the molecule is CNc1cccc(S(=O)(=O)NCC(N)=O)c1[N+](=O)[O-]. The Morgan fingerprint density at radius 2 is 2.11 bits per heavy atom. The van der Waals surface area contributed by atoms with E-state index in [0.717, 1.165) is 6.07 Å². The van der Waals surface area contributed by atoms with E-state index in [4.69, 9.17) is 5.73 Å². The maximum Gasteiger partial charge on any atom is 0.312 e. The predicted octanol–water partition coefficient (Wildman–Crippen LogP) is -0.600. The van der Waals surface area contributed by atoms with Gasteiger partial charge in [-0.25, -0.2) is 13.1 Å². The second-order valence-corrected chi connectivity index (χ2v) is 5.19. The molecule has 4 N–H and O–H groups in total. The van der Waals surface area contributed by atoms with Crippen molar-refractivity contribution >= 4 is 27.3 Å². The fraction of sp³-hybridized carbons (Fsp3) is 0.222. The number of nitro benzene ring substituents is 1. The van der Waals surface area contributed by atoms with E-state index in [-0.39, 0.29) is 5.69 Å². The van der Waals surface area contributed by atoms with Gasteiger partial charge in [-0.3, -0.25) is 14.9 Å². The van der Waals surface area contributed by atoms with Crippen molar-refractivity contribution in [3.63, 3.8) is 0 Å². The van der Waals surface area contributed by atoms with Crippen LogP contribution in [-0.2, 0) is 14.8 Å². The lowest BCUT2D eigenvalue weighted by Gasteiger charge is -2.08. The van der Waals surface area contributed by atoms with Crippen LogP contribution in [0.25, 0.3) is 0 Å². The molecule has 0 unspecified atom stereocenters. The van der Waals surface area contributed by atoms with Gasteiger partial charge in [0.2, 0.25) is 15.9 Å². The number of benzene rings is 1. The highest BCUT2D eigenvalue weighted by atomic mass is 32.2. The number of hydrogen-bond acceptors (Lipinski definition) is 6. The minimum absolute atomic E-state index is 0.0481. The Morgan fingerprint density at radius 1 is 1.47 bits per heavy atom. The molecule has 1 aromatic rings. The lowest BCUT2D eigenvalue weighted by molar-refractivity contribution is -0.386. The van der Waals surface area contributed by atoms with E-state index in [9.17, 15) is 23.3 Å². The van der Waals surface area contributed by atoms with Crippen LogP contribution >= 0.6 is 0 Å². The maximum absolute atomic E-state index is 11.9. The normalized spacial score (nSPS) is 11.0. The summed E-state index contributed by atoms with van der Waals surface area (Å²) in [7, 11) is -2.77. The third kappa shape index (κ3) is 3.39. The van der Waals surface area contributed by atoms with Gasteiger partial charge in [0.1, 0.15) is 5.69 Å². The summed E-state index contributed by atoms with van der Waals surface area (Å²) in [6, 6.07) is 3.78. The molecule has 10 heteroatoms. The van der Waals surface area contributed by atoms with Gasteiger partial charge in [-0.05, 0) is 12.1 Å². The molecule has 0 heterocycles. The first-order chi connectivity index (χ1) is 8.79. The van der Waals surface area contributed by atoms with Gasteiger partial charge >= 0.3 is 5.69 Å². The van der Waals surface area contributed by atoms with Crippen molar-refractivity contribution in [2.75, 3.05) is 18.9 Å². The molecule has 104 valence electrons. The minimum Gasteiger partial charge on any atom is -0.383 e. The Morgan fingerprint density at radius 3 is 2.58 bits per heavy atom. The number of anilines is 1. The number of nitrogens with zero attached hydrogens (tertiary/aromatic N) is 1. The summed E-state index contributed by atoms with van der Waals surface area (Å²) in [6.07, 6.45) is 0. The number of para-hydroxylation sites is 1. The van der Waals surface area contributed by atoms with Crippen LogP contribution in [0.15, 0.2) is 23.1 Å². The number of rotatable bonds is 6. The summed E-state index contributed by atoms with van der Waals surface area (Å²) in [6.45, 7) is -0.636. The molecule has 1 rings (SSSR count). The van der Waals surface area contributed by atoms with Crippen molar-refractivity contribution in [1.82, 2.24) is 4.72 Å². The van der Waals surface area contributed by atoms with Crippen LogP contribution in [0.4, 0.5) is 11.4 Å². The smallest absolute Gasteiger partial charge is 0.312 e. The predicted molar refractivity (Wildman–Crippen MR) is 67.0 cm³/mol. The van der Waals surface area contributed by atoms with Gasteiger partial charge in [-0.1, -0.05) is 6.07 Å². The van der Waals surface area contributed by atoms with Crippen molar-refractivity contribution in [2.24, 2.45) is 5.73 Å². The standard InChI is InChI=1S/C9H12N4O5S/c1-11-6-3-2-4-7(9(6)13(15)16)19(17,18)12-5-8(10)14/h2-4,11-12H,5H2,1H3,(H2,10,14). The lowest BCUT2D eigenvalue weighted by atomic mass is 10.3. The molecule has 0 aliphatic rings. The van der Waals surface area contributed by atoms with Gasteiger partial charge in [0.25, 0.3) is 0 Å². The topological polar surface area (TPSA) is 144 Å². The molecule has 0 fully saturated rings. The molecular weight excluding hydrogens is 276 g/mol. The molecule has 1 aromatic carbocycles. The number of nitrogens with two attached hydrogens (primary N) is 1. The minimum atomic E-state index is -4.20. The zero-order chi connectivity index (χ0) is 14.6. The molecule has 0 spiro atoms.